The molecule has 0 fully saturated rings. The van der Waals surface area contributed by atoms with Crippen LogP contribution in [-0.2, 0) is 6.42 Å². The predicted molar refractivity (Wildman–Crippen MR) is 70.3 cm³/mol. The average Bonchev–Trinajstić information content (AvgIpc) is 2.40. The second-order valence-electron chi connectivity index (χ2n) is 3.66. The summed E-state index contributed by atoms with van der Waals surface area (Å²) in [6.07, 6.45) is 0.644. The highest BCUT2D eigenvalue weighted by Gasteiger charge is 2.09. The zero-order valence-electron chi connectivity index (χ0n) is 10.0. The molecule has 0 bridgehead atoms. The Labute approximate surface area is 118 Å². The van der Waals surface area contributed by atoms with E-state index in [0.717, 1.165) is 6.07 Å². The summed E-state index contributed by atoms with van der Waals surface area (Å²) in [5.74, 6) is 0.263. The Kier molecular flexibility index (Phi) is 4.07. The average molecular weight is 322 g/mol. The SMILES string of the molecule is CCc1nc(Br)cc(Oc2ccc(C#N)cc2F)n1. The van der Waals surface area contributed by atoms with Crippen molar-refractivity contribution in [3.63, 3.8) is 0 Å². The van der Waals surface area contributed by atoms with Crippen LogP contribution in [-0.4, -0.2) is 9.97 Å². The number of hydrogen-bond donors (Lipinski definition) is 0. The van der Waals surface area contributed by atoms with Gasteiger partial charge in [-0.3, -0.25) is 0 Å². The van der Waals surface area contributed by atoms with Gasteiger partial charge in [-0.25, -0.2) is 9.37 Å². The molecule has 0 unspecified atom stereocenters. The van der Waals surface area contributed by atoms with Crippen molar-refractivity contribution in [3.8, 4) is 17.7 Å². The molecular weight excluding hydrogens is 313 g/mol. The van der Waals surface area contributed by atoms with Gasteiger partial charge in [-0.1, -0.05) is 6.92 Å². The molecular formula is C13H9BrFN3O. The molecule has 0 aliphatic heterocycles. The van der Waals surface area contributed by atoms with Crippen molar-refractivity contribution in [1.29, 1.82) is 5.26 Å². The van der Waals surface area contributed by atoms with Gasteiger partial charge in [-0.05, 0) is 34.1 Å². The first kappa shape index (κ1) is 13.4. The third-order valence-electron chi connectivity index (χ3n) is 2.31. The summed E-state index contributed by atoms with van der Waals surface area (Å²) >= 11 is 3.24. The van der Waals surface area contributed by atoms with E-state index in [1.807, 2.05) is 13.0 Å². The minimum Gasteiger partial charge on any atom is -0.436 e. The number of benzene rings is 1. The summed E-state index contributed by atoms with van der Waals surface area (Å²) in [6, 6.07) is 7.41. The van der Waals surface area contributed by atoms with E-state index in [-0.39, 0.29) is 17.2 Å². The number of ether oxygens (including phenoxy) is 1. The largest absolute Gasteiger partial charge is 0.436 e. The fraction of sp³-hybridized carbons (Fsp3) is 0.154. The van der Waals surface area contributed by atoms with Crippen LogP contribution in [0.2, 0.25) is 0 Å². The maximum absolute atomic E-state index is 13.7. The predicted octanol–water partition coefficient (Wildman–Crippen LogP) is 3.60. The topological polar surface area (TPSA) is 58.8 Å². The maximum atomic E-state index is 13.7. The molecule has 2 rings (SSSR count). The number of aromatic nitrogens is 2. The van der Waals surface area contributed by atoms with Gasteiger partial charge in [0.25, 0.3) is 0 Å². The lowest BCUT2D eigenvalue weighted by atomic mass is 10.2. The first-order chi connectivity index (χ1) is 9.12. The lowest BCUT2D eigenvalue weighted by Gasteiger charge is -2.07. The Morgan fingerprint density at radius 2 is 2.16 bits per heavy atom. The fourth-order valence-corrected chi connectivity index (χ4v) is 1.82. The molecule has 19 heavy (non-hydrogen) atoms. The molecule has 0 N–H and O–H groups in total. The van der Waals surface area contributed by atoms with Crippen LogP contribution >= 0.6 is 15.9 Å². The smallest absolute Gasteiger partial charge is 0.223 e. The molecule has 0 radical (unpaired) electrons. The van der Waals surface area contributed by atoms with Crippen molar-refractivity contribution in [2.75, 3.05) is 0 Å². The third kappa shape index (κ3) is 3.26. The number of nitrogens with zero attached hydrogens (tertiary/aromatic N) is 3. The minimum absolute atomic E-state index is 0.0200. The lowest BCUT2D eigenvalue weighted by molar-refractivity contribution is 0.424. The Balaban J connectivity index is 2.31. The first-order valence-corrected chi connectivity index (χ1v) is 6.32. The lowest BCUT2D eigenvalue weighted by Crippen LogP contribution is -1.97. The molecule has 6 heteroatoms. The van der Waals surface area contributed by atoms with E-state index in [1.165, 1.54) is 12.1 Å². The van der Waals surface area contributed by atoms with Gasteiger partial charge in [0.15, 0.2) is 11.6 Å². The van der Waals surface area contributed by atoms with Crippen molar-refractivity contribution >= 4 is 15.9 Å². The minimum atomic E-state index is -0.605. The first-order valence-electron chi connectivity index (χ1n) is 5.53. The van der Waals surface area contributed by atoms with Crippen LogP contribution < -0.4 is 4.74 Å². The number of hydrogen-bond acceptors (Lipinski definition) is 4. The van der Waals surface area contributed by atoms with E-state index in [9.17, 15) is 4.39 Å². The third-order valence-corrected chi connectivity index (χ3v) is 2.72. The number of nitriles is 1. The molecule has 2 aromatic rings. The van der Waals surface area contributed by atoms with Crippen LogP contribution in [0.5, 0.6) is 11.6 Å². The molecule has 4 nitrogen and oxygen atoms in total. The van der Waals surface area contributed by atoms with Crippen molar-refractivity contribution in [2.45, 2.75) is 13.3 Å². The molecule has 0 saturated carbocycles. The van der Waals surface area contributed by atoms with Gasteiger partial charge in [0.2, 0.25) is 5.88 Å². The van der Waals surface area contributed by atoms with Gasteiger partial charge in [0, 0.05) is 12.5 Å². The molecule has 0 saturated heterocycles. The Morgan fingerprint density at radius 1 is 1.37 bits per heavy atom. The van der Waals surface area contributed by atoms with Gasteiger partial charge in [-0.15, -0.1) is 0 Å². The molecule has 1 heterocycles. The maximum Gasteiger partial charge on any atom is 0.223 e. The second kappa shape index (κ2) is 5.76. The van der Waals surface area contributed by atoms with Gasteiger partial charge in [0.1, 0.15) is 10.4 Å². The Bertz CT molecular complexity index is 655. The Morgan fingerprint density at radius 3 is 2.79 bits per heavy atom. The van der Waals surface area contributed by atoms with E-state index >= 15 is 0 Å². The zero-order valence-corrected chi connectivity index (χ0v) is 11.6. The molecule has 1 aromatic carbocycles. The Hall–Kier alpha value is -2.00. The number of aryl methyl sites for hydroxylation is 1. The van der Waals surface area contributed by atoms with E-state index in [1.54, 1.807) is 6.07 Å². The molecule has 96 valence electrons. The fourth-order valence-electron chi connectivity index (χ4n) is 1.42. The highest BCUT2D eigenvalue weighted by Crippen LogP contribution is 2.25. The van der Waals surface area contributed by atoms with Gasteiger partial charge in [-0.2, -0.15) is 10.2 Å². The summed E-state index contributed by atoms with van der Waals surface area (Å²) < 4.78 is 19.6. The van der Waals surface area contributed by atoms with Crippen LogP contribution in [0.1, 0.15) is 18.3 Å². The van der Waals surface area contributed by atoms with E-state index in [2.05, 4.69) is 25.9 Å². The monoisotopic (exact) mass is 321 g/mol. The zero-order chi connectivity index (χ0) is 13.8. The highest BCUT2D eigenvalue weighted by atomic mass is 79.9. The van der Waals surface area contributed by atoms with Gasteiger partial charge < -0.3 is 4.74 Å². The van der Waals surface area contributed by atoms with Crippen molar-refractivity contribution in [2.24, 2.45) is 0 Å². The molecule has 0 atom stereocenters. The highest BCUT2D eigenvalue weighted by molar-refractivity contribution is 9.10. The van der Waals surface area contributed by atoms with Crippen molar-refractivity contribution in [3.05, 3.63) is 46.1 Å². The van der Waals surface area contributed by atoms with Gasteiger partial charge >= 0.3 is 0 Å². The van der Waals surface area contributed by atoms with E-state index in [4.69, 9.17) is 10.00 Å². The van der Waals surface area contributed by atoms with E-state index in [0.29, 0.717) is 16.8 Å². The van der Waals surface area contributed by atoms with Gasteiger partial charge in [0.05, 0.1) is 11.6 Å². The molecule has 0 aliphatic rings. The summed E-state index contributed by atoms with van der Waals surface area (Å²) in [5.41, 5.74) is 0.239. The summed E-state index contributed by atoms with van der Waals surface area (Å²) in [5, 5.41) is 8.66. The van der Waals surface area contributed by atoms with Crippen molar-refractivity contribution in [1.82, 2.24) is 9.97 Å². The molecule has 0 amide bonds. The van der Waals surface area contributed by atoms with Crippen LogP contribution in [0, 0.1) is 17.1 Å². The van der Waals surface area contributed by atoms with Crippen LogP contribution in [0.15, 0.2) is 28.9 Å². The number of halogens is 2. The summed E-state index contributed by atoms with van der Waals surface area (Å²) in [7, 11) is 0. The second-order valence-corrected chi connectivity index (χ2v) is 4.47. The van der Waals surface area contributed by atoms with Crippen LogP contribution in [0.4, 0.5) is 4.39 Å². The summed E-state index contributed by atoms with van der Waals surface area (Å²) in [6.45, 7) is 1.91. The number of rotatable bonds is 3. The molecule has 0 aliphatic carbocycles. The summed E-state index contributed by atoms with van der Waals surface area (Å²) in [4.78, 5) is 8.27. The normalized spacial score (nSPS) is 10.0. The van der Waals surface area contributed by atoms with Crippen molar-refractivity contribution < 1.29 is 9.13 Å². The molecule has 0 spiro atoms. The standard InChI is InChI=1S/C13H9BrFN3O/c1-2-12-17-11(14)6-13(18-12)19-10-4-3-8(7-16)5-9(10)15/h3-6H,2H2,1H3. The molecule has 1 aromatic heterocycles. The quantitative estimate of drug-likeness (QED) is 0.810. The van der Waals surface area contributed by atoms with Crippen LogP contribution in [0.25, 0.3) is 0 Å². The van der Waals surface area contributed by atoms with Crippen LogP contribution in [0.3, 0.4) is 0 Å². The van der Waals surface area contributed by atoms with E-state index < -0.39 is 5.82 Å².